The van der Waals surface area contributed by atoms with Gasteiger partial charge < -0.3 is 4.74 Å². The molecule has 1 aromatic heterocycles. The van der Waals surface area contributed by atoms with Crippen molar-refractivity contribution in [3.63, 3.8) is 0 Å². The van der Waals surface area contributed by atoms with Crippen molar-refractivity contribution in [1.82, 2.24) is 25.4 Å². The van der Waals surface area contributed by atoms with Crippen LogP contribution >= 0.6 is 0 Å². The standard InChI is InChI=1S/C23H25N5O3/c29-23(25-30)9-6-18-2-1-3-20(14-18)16-28-17-22(24-26-28)21-7-4-19(5-8-21)15-27-10-12-31-13-11-27/h1-9,14,17,30H,10-13,15-16H2,(H,25,29). The van der Waals surface area contributed by atoms with E-state index in [1.165, 1.54) is 11.6 Å². The van der Waals surface area contributed by atoms with Crippen molar-refractivity contribution in [2.24, 2.45) is 0 Å². The van der Waals surface area contributed by atoms with Crippen LogP contribution in [0.1, 0.15) is 16.7 Å². The van der Waals surface area contributed by atoms with Gasteiger partial charge in [-0.2, -0.15) is 0 Å². The molecule has 4 rings (SSSR count). The highest BCUT2D eigenvalue weighted by molar-refractivity contribution is 5.90. The van der Waals surface area contributed by atoms with E-state index < -0.39 is 5.91 Å². The summed E-state index contributed by atoms with van der Waals surface area (Å²) >= 11 is 0. The van der Waals surface area contributed by atoms with Crippen molar-refractivity contribution < 1.29 is 14.7 Å². The van der Waals surface area contributed by atoms with Gasteiger partial charge in [-0.3, -0.25) is 14.9 Å². The van der Waals surface area contributed by atoms with Crippen LogP contribution in [0.25, 0.3) is 17.3 Å². The molecule has 8 heteroatoms. The van der Waals surface area contributed by atoms with Crippen LogP contribution in [0.15, 0.2) is 60.8 Å². The highest BCUT2D eigenvalue weighted by atomic mass is 16.5. The fraction of sp³-hybridized carbons (Fsp3) is 0.261. The number of amides is 1. The average molecular weight is 419 g/mol. The van der Waals surface area contributed by atoms with Gasteiger partial charge in [0.15, 0.2) is 0 Å². The second-order valence-electron chi connectivity index (χ2n) is 7.44. The van der Waals surface area contributed by atoms with Crippen LogP contribution < -0.4 is 5.48 Å². The smallest absolute Gasteiger partial charge is 0.267 e. The number of carbonyl (C=O) groups is 1. The Labute approximate surface area is 180 Å². The summed E-state index contributed by atoms with van der Waals surface area (Å²) in [7, 11) is 0. The number of hydrogen-bond donors (Lipinski definition) is 2. The number of hydrogen-bond acceptors (Lipinski definition) is 6. The highest BCUT2D eigenvalue weighted by Crippen LogP contribution is 2.18. The van der Waals surface area contributed by atoms with E-state index in [4.69, 9.17) is 9.94 Å². The van der Waals surface area contributed by atoms with Gasteiger partial charge in [-0.15, -0.1) is 5.10 Å². The predicted molar refractivity (Wildman–Crippen MR) is 116 cm³/mol. The molecule has 8 nitrogen and oxygen atoms in total. The Bertz CT molecular complexity index is 1040. The second-order valence-corrected chi connectivity index (χ2v) is 7.44. The minimum atomic E-state index is -0.567. The van der Waals surface area contributed by atoms with Crippen molar-refractivity contribution in [2.45, 2.75) is 13.1 Å². The summed E-state index contributed by atoms with van der Waals surface area (Å²) in [6.45, 7) is 5.05. The monoisotopic (exact) mass is 419 g/mol. The third-order valence-corrected chi connectivity index (χ3v) is 5.13. The molecular weight excluding hydrogens is 394 g/mol. The number of rotatable bonds is 7. The van der Waals surface area contributed by atoms with Crippen LogP contribution in [-0.2, 0) is 22.6 Å². The van der Waals surface area contributed by atoms with Crippen molar-refractivity contribution in [2.75, 3.05) is 26.3 Å². The lowest BCUT2D eigenvalue weighted by atomic mass is 10.1. The van der Waals surface area contributed by atoms with E-state index in [0.717, 1.165) is 55.2 Å². The average Bonchev–Trinajstić information content (AvgIpc) is 3.27. The lowest BCUT2D eigenvalue weighted by Crippen LogP contribution is -2.35. The zero-order valence-corrected chi connectivity index (χ0v) is 17.1. The third-order valence-electron chi connectivity index (χ3n) is 5.13. The van der Waals surface area contributed by atoms with E-state index in [-0.39, 0.29) is 0 Å². The number of benzene rings is 2. The molecule has 0 saturated carbocycles. The largest absolute Gasteiger partial charge is 0.379 e. The maximum atomic E-state index is 11.1. The maximum absolute atomic E-state index is 11.1. The molecule has 0 bridgehead atoms. The lowest BCUT2D eigenvalue weighted by Gasteiger charge is -2.26. The molecule has 0 aliphatic carbocycles. The van der Waals surface area contributed by atoms with Crippen molar-refractivity contribution in [3.05, 3.63) is 77.5 Å². The van der Waals surface area contributed by atoms with Gasteiger partial charge in [0.2, 0.25) is 0 Å². The molecule has 1 fully saturated rings. The molecule has 1 saturated heterocycles. The van der Waals surface area contributed by atoms with Crippen LogP contribution in [0, 0.1) is 0 Å². The third kappa shape index (κ3) is 5.85. The molecule has 3 aromatic rings. The topological polar surface area (TPSA) is 92.5 Å². The quantitative estimate of drug-likeness (QED) is 0.347. The first-order valence-electron chi connectivity index (χ1n) is 10.2. The number of nitrogens with one attached hydrogen (secondary N) is 1. The molecule has 2 heterocycles. The van der Waals surface area contributed by atoms with E-state index in [2.05, 4.69) is 39.5 Å². The molecule has 0 atom stereocenters. The summed E-state index contributed by atoms with van der Waals surface area (Å²) in [6.07, 6.45) is 4.84. The highest BCUT2D eigenvalue weighted by Gasteiger charge is 2.11. The molecule has 2 aromatic carbocycles. The van der Waals surface area contributed by atoms with Gasteiger partial charge in [-0.25, -0.2) is 10.2 Å². The summed E-state index contributed by atoms with van der Waals surface area (Å²) in [4.78, 5) is 13.5. The predicted octanol–water partition coefficient (Wildman–Crippen LogP) is 2.34. The van der Waals surface area contributed by atoms with E-state index in [0.29, 0.717) is 6.54 Å². The Kier molecular flexibility index (Phi) is 6.83. The zero-order chi connectivity index (χ0) is 21.5. The Balaban J connectivity index is 1.39. The molecule has 0 unspecified atom stereocenters. The first-order chi connectivity index (χ1) is 15.2. The number of aromatic nitrogens is 3. The molecule has 160 valence electrons. The Morgan fingerprint density at radius 2 is 1.90 bits per heavy atom. The van der Waals surface area contributed by atoms with Crippen LogP contribution in [0.4, 0.5) is 0 Å². The molecule has 2 N–H and O–H groups in total. The number of morpholine rings is 1. The second kappa shape index (κ2) is 10.1. The number of hydroxylamine groups is 1. The Hall–Kier alpha value is -3.33. The summed E-state index contributed by atoms with van der Waals surface area (Å²) in [5.41, 5.74) is 6.60. The van der Waals surface area contributed by atoms with Gasteiger partial charge in [-0.05, 0) is 28.8 Å². The van der Waals surface area contributed by atoms with Crippen LogP contribution in [0.2, 0.25) is 0 Å². The van der Waals surface area contributed by atoms with E-state index in [9.17, 15) is 4.79 Å². The molecule has 0 spiro atoms. The first kappa shape index (κ1) is 20.9. The SMILES string of the molecule is O=C(C=Cc1cccc(Cn2cc(-c3ccc(CN4CCOCC4)cc3)nn2)c1)NO. The minimum absolute atomic E-state index is 0.565. The van der Waals surface area contributed by atoms with Crippen LogP contribution in [-0.4, -0.2) is 57.3 Å². The van der Waals surface area contributed by atoms with Gasteiger partial charge in [0.1, 0.15) is 5.69 Å². The first-order valence-corrected chi connectivity index (χ1v) is 10.2. The summed E-state index contributed by atoms with van der Waals surface area (Å²) < 4.78 is 7.20. The fourth-order valence-electron chi connectivity index (χ4n) is 3.50. The van der Waals surface area contributed by atoms with E-state index >= 15 is 0 Å². The van der Waals surface area contributed by atoms with Gasteiger partial charge in [0.05, 0.1) is 26.0 Å². The number of nitrogens with zero attached hydrogens (tertiary/aromatic N) is 4. The van der Waals surface area contributed by atoms with E-state index in [1.807, 2.05) is 30.5 Å². The normalized spacial score (nSPS) is 14.7. The van der Waals surface area contributed by atoms with Gasteiger partial charge in [-0.1, -0.05) is 47.7 Å². The van der Waals surface area contributed by atoms with E-state index in [1.54, 1.807) is 16.2 Å². The van der Waals surface area contributed by atoms with Gasteiger partial charge >= 0.3 is 0 Å². The van der Waals surface area contributed by atoms with Crippen molar-refractivity contribution >= 4 is 12.0 Å². The Morgan fingerprint density at radius 3 is 2.68 bits per heavy atom. The van der Waals surface area contributed by atoms with Crippen LogP contribution in [0.5, 0.6) is 0 Å². The summed E-state index contributed by atoms with van der Waals surface area (Å²) in [6, 6.07) is 16.2. The summed E-state index contributed by atoms with van der Waals surface area (Å²) in [5, 5.41) is 17.1. The van der Waals surface area contributed by atoms with Crippen molar-refractivity contribution in [3.8, 4) is 11.3 Å². The molecular formula is C23H25N5O3. The molecule has 1 aliphatic rings. The fourth-order valence-corrected chi connectivity index (χ4v) is 3.50. The Morgan fingerprint density at radius 1 is 1.10 bits per heavy atom. The lowest BCUT2D eigenvalue weighted by molar-refractivity contribution is -0.124. The maximum Gasteiger partial charge on any atom is 0.267 e. The van der Waals surface area contributed by atoms with Gasteiger partial charge in [0.25, 0.3) is 5.91 Å². The molecule has 1 aliphatic heterocycles. The summed E-state index contributed by atoms with van der Waals surface area (Å²) in [5.74, 6) is -0.567. The van der Waals surface area contributed by atoms with Crippen LogP contribution in [0.3, 0.4) is 0 Å². The zero-order valence-electron chi connectivity index (χ0n) is 17.1. The number of carbonyl (C=O) groups excluding carboxylic acids is 1. The molecule has 0 radical (unpaired) electrons. The molecule has 31 heavy (non-hydrogen) atoms. The van der Waals surface area contributed by atoms with Crippen molar-refractivity contribution in [1.29, 1.82) is 0 Å². The molecule has 1 amide bonds. The minimum Gasteiger partial charge on any atom is -0.379 e. The number of ether oxygens (including phenoxy) is 1. The van der Waals surface area contributed by atoms with Gasteiger partial charge in [0, 0.05) is 31.3 Å².